The van der Waals surface area contributed by atoms with E-state index in [4.69, 9.17) is 18.9 Å². The van der Waals surface area contributed by atoms with Crippen molar-refractivity contribution in [2.24, 2.45) is 0 Å². The monoisotopic (exact) mass is 605 g/mol. The summed E-state index contributed by atoms with van der Waals surface area (Å²) in [7, 11) is 0. The number of nitrogens with zero attached hydrogens (tertiary/aromatic N) is 1. The third-order valence-corrected chi connectivity index (χ3v) is 7.35. The first-order chi connectivity index (χ1) is 22.0. The Bertz CT molecular complexity index is 1690. The molecule has 0 bridgehead atoms. The molecule has 0 spiro atoms. The van der Waals surface area contributed by atoms with Crippen molar-refractivity contribution in [3.05, 3.63) is 132 Å². The van der Waals surface area contributed by atoms with E-state index in [1.54, 1.807) is 24.3 Å². The number of benzene rings is 4. The zero-order valence-corrected chi connectivity index (χ0v) is 25.1. The number of hydrogen-bond acceptors (Lipinski definition) is 7. The second-order valence-electron chi connectivity index (χ2n) is 10.3. The highest BCUT2D eigenvalue weighted by atomic mass is 16.7. The van der Waals surface area contributed by atoms with Gasteiger partial charge in [0.15, 0.2) is 17.9 Å². The van der Waals surface area contributed by atoms with Crippen LogP contribution in [0.4, 0.5) is 0 Å². The lowest BCUT2D eigenvalue weighted by atomic mass is 9.99. The Morgan fingerprint density at radius 3 is 1.71 bits per heavy atom. The summed E-state index contributed by atoms with van der Waals surface area (Å²) in [6.07, 6.45) is 0.640. The van der Waals surface area contributed by atoms with Crippen LogP contribution in [-0.2, 0) is 30.3 Å². The molecule has 1 aromatic heterocycles. The van der Waals surface area contributed by atoms with Crippen molar-refractivity contribution in [3.8, 4) is 0 Å². The highest BCUT2D eigenvalue weighted by Gasteiger charge is 2.18. The van der Waals surface area contributed by atoms with E-state index in [9.17, 15) is 14.4 Å². The summed E-state index contributed by atoms with van der Waals surface area (Å²) in [5.74, 6) is -0.612. The Hall–Kier alpha value is -4.89. The molecule has 1 unspecified atom stereocenters. The smallest absolute Gasteiger partial charge is 0.330 e. The van der Waals surface area contributed by atoms with Crippen LogP contribution in [0.15, 0.2) is 110 Å². The Labute approximate surface area is 261 Å². The standard InChI is InChI=1S/C37H35NO7/c1-3-35(39)45-23-21-42-20-22-44-26(2)43-19-18-38-33-16-14-29(36(40)27-10-6-4-7-11-27)24-31(33)32-25-30(15-17-34(32)38)37(41)28-12-8-5-9-13-28/h3-17,24-26H,1,18-23H2,2H3. The van der Waals surface area contributed by atoms with Gasteiger partial charge in [0.2, 0.25) is 0 Å². The van der Waals surface area contributed by atoms with Crippen LogP contribution in [0.25, 0.3) is 21.8 Å². The largest absolute Gasteiger partial charge is 0.460 e. The van der Waals surface area contributed by atoms with Gasteiger partial charge >= 0.3 is 5.97 Å². The highest BCUT2D eigenvalue weighted by Crippen LogP contribution is 2.32. The Morgan fingerprint density at radius 1 is 0.667 bits per heavy atom. The fourth-order valence-electron chi connectivity index (χ4n) is 5.13. The van der Waals surface area contributed by atoms with Gasteiger partial charge in [0, 0.05) is 56.7 Å². The molecule has 0 N–H and O–H groups in total. The predicted octanol–water partition coefficient (Wildman–Crippen LogP) is 6.38. The van der Waals surface area contributed by atoms with Gasteiger partial charge in [-0.1, -0.05) is 67.2 Å². The van der Waals surface area contributed by atoms with Crippen LogP contribution in [0.5, 0.6) is 0 Å². The fourth-order valence-corrected chi connectivity index (χ4v) is 5.13. The van der Waals surface area contributed by atoms with Crippen LogP contribution in [0.1, 0.15) is 38.8 Å². The van der Waals surface area contributed by atoms with E-state index in [-0.39, 0.29) is 24.8 Å². The Kier molecular flexibility index (Phi) is 10.7. The van der Waals surface area contributed by atoms with E-state index in [0.717, 1.165) is 27.9 Å². The molecule has 4 aromatic carbocycles. The van der Waals surface area contributed by atoms with Crippen molar-refractivity contribution in [3.63, 3.8) is 0 Å². The van der Waals surface area contributed by atoms with Crippen LogP contribution in [0.3, 0.4) is 0 Å². The molecule has 8 nitrogen and oxygen atoms in total. The van der Waals surface area contributed by atoms with Crippen molar-refractivity contribution in [2.75, 3.05) is 33.0 Å². The number of aromatic nitrogens is 1. The molecule has 0 aliphatic rings. The predicted molar refractivity (Wildman–Crippen MR) is 173 cm³/mol. The zero-order valence-electron chi connectivity index (χ0n) is 25.1. The fraction of sp³-hybridized carbons (Fsp3) is 0.216. The molecule has 230 valence electrons. The number of esters is 1. The Balaban J connectivity index is 1.32. The van der Waals surface area contributed by atoms with Gasteiger partial charge in [-0.15, -0.1) is 0 Å². The van der Waals surface area contributed by atoms with Gasteiger partial charge in [-0.05, 0) is 43.3 Å². The average molecular weight is 606 g/mol. The molecule has 8 heteroatoms. The quantitative estimate of drug-likeness (QED) is 0.0424. The number of hydrogen-bond donors (Lipinski definition) is 0. The van der Waals surface area contributed by atoms with Crippen molar-refractivity contribution < 1.29 is 33.3 Å². The molecule has 0 aliphatic carbocycles. The van der Waals surface area contributed by atoms with Gasteiger partial charge in [-0.2, -0.15) is 0 Å². The number of carbonyl (C=O) groups excluding carboxylic acids is 3. The van der Waals surface area contributed by atoms with Gasteiger partial charge in [0.1, 0.15) is 6.61 Å². The number of rotatable bonds is 16. The number of ketones is 2. The third kappa shape index (κ3) is 7.80. The number of carbonyl (C=O) groups is 3. The first-order valence-corrected chi connectivity index (χ1v) is 14.8. The van der Waals surface area contributed by atoms with Gasteiger partial charge < -0.3 is 23.5 Å². The van der Waals surface area contributed by atoms with Crippen molar-refractivity contribution in [2.45, 2.75) is 19.8 Å². The lowest BCUT2D eigenvalue weighted by Gasteiger charge is -2.15. The van der Waals surface area contributed by atoms with Crippen molar-refractivity contribution >= 4 is 39.3 Å². The van der Waals surface area contributed by atoms with Crippen LogP contribution < -0.4 is 0 Å². The molecular formula is C37H35NO7. The van der Waals surface area contributed by atoms with Gasteiger partial charge in [0.25, 0.3) is 0 Å². The van der Waals surface area contributed by atoms with Crippen LogP contribution in [0.2, 0.25) is 0 Å². The third-order valence-electron chi connectivity index (χ3n) is 7.35. The van der Waals surface area contributed by atoms with Crippen LogP contribution >= 0.6 is 0 Å². The molecule has 0 saturated carbocycles. The summed E-state index contributed by atoms with van der Waals surface area (Å²) in [6, 6.07) is 29.8. The molecule has 45 heavy (non-hydrogen) atoms. The molecule has 0 aliphatic heterocycles. The summed E-state index contributed by atoms with van der Waals surface area (Å²) < 4.78 is 24.0. The van der Waals surface area contributed by atoms with E-state index in [2.05, 4.69) is 11.1 Å². The molecule has 5 rings (SSSR count). The Morgan fingerprint density at radius 2 is 1.18 bits per heavy atom. The van der Waals surface area contributed by atoms with E-state index in [1.807, 2.05) is 79.7 Å². The molecule has 0 saturated heterocycles. The summed E-state index contributed by atoms with van der Waals surface area (Å²) in [6.45, 7) is 7.13. The molecule has 0 amide bonds. The molecule has 5 aromatic rings. The van der Waals surface area contributed by atoms with Crippen LogP contribution in [0, 0.1) is 0 Å². The maximum atomic E-state index is 13.3. The average Bonchev–Trinajstić information content (AvgIpc) is 3.39. The van der Waals surface area contributed by atoms with Crippen molar-refractivity contribution in [1.82, 2.24) is 4.57 Å². The van der Waals surface area contributed by atoms with E-state index >= 15 is 0 Å². The SMILES string of the molecule is C=CC(=O)OCCOCCOC(C)OCCn1c2ccc(C(=O)c3ccccc3)cc2c2cc(C(=O)c3ccccc3)ccc21. The minimum Gasteiger partial charge on any atom is -0.460 e. The maximum Gasteiger partial charge on any atom is 0.330 e. The first-order valence-electron chi connectivity index (χ1n) is 14.8. The lowest BCUT2D eigenvalue weighted by Crippen LogP contribution is -2.19. The minimum atomic E-state index is -0.484. The van der Waals surface area contributed by atoms with Crippen LogP contribution in [-0.4, -0.2) is 61.4 Å². The van der Waals surface area contributed by atoms with E-state index in [1.165, 1.54) is 0 Å². The van der Waals surface area contributed by atoms with Gasteiger partial charge in [-0.3, -0.25) is 9.59 Å². The lowest BCUT2D eigenvalue weighted by molar-refractivity contribution is -0.144. The molecule has 0 radical (unpaired) electrons. The zero-order chi connectivity index (χ0) is 31.6. The molecular weight excluding hydrogens is 570 g/mol. The highest BCUT2D eigenvalue weighted by molar-refractivity contribution is 6.17. The molecule has 1 atom stereocenters. The topological polar surface area (TPSA) is 93.1 Å². The maximum absolute atomic E-state index is 13.3. The second kappa shape index (κ2) is 15.2. The number of ether oxygens (including phenoxy) is 4. The molecule has 1 heterocycles. The normalized spacial score (nSPS) is 11.8. The van der Waals surface area contributed by atoms with Crippen molar-refractivity contribution in [1.29, 1.82) is 0 Å². The summed E-state index contributed by atoms with van der Waals surface area (Å²) in [5.41, 5.74) is 4.25. The number of fused-ring (bicyclic) bond motifs is 3. The first kappa shape index (κ1) is 31.5. The summed E-state index contributed by atoms with van der Waals surface area (Å²) in [4.78, 5) is 37.7. The van der Waals surface area contributed by atoms with E-state index < -0.39 is 12.3 Å². The second-order valence-corrected chi connectivity index (χ2v) is 10.3. The minimum absolute atomic E-state index is 0.0639. The van der Waals surface area contributed by atoms with E-state index in [0.29, 0.717) is 48.6 Å². The summed E-state index contributed by atoms with van der Waals surface area (Å²) >= 11 is 0. The summed E-state index contributed by atoms with van der Waals surface area (Å²) in [5, 5.41) is 1.77. The van der Waals surface area contributed by atoms with Gasteiger partial charge in [-0.25, -0.2) is 4.79 Å². The van der Waals surface area contributed by atoms with Gasteiger partial charge in [0.05, 0.1) is 26.4 Å². The molecule has 0 fully saturated rings.